The third-order valence-electron chi connectivity index (χ3n) is 3.26. The smallest absolute Gasteiger partial charge is 0.321 e. The van der Waals surface area contributed by atoms with Crippen molar-refractivity contribution in [1.82, 2.24) is 0 Å². The molecule has 100 valence electrons. The van der Waals surface area contributed by atoms with E-state index >= 15 is 0 Å². The van der Waals surface area contributed by atoms with Gasteiger partial charge in [-0.1, -0.05) is 60.7 Å². The summed E-state index contributed by atoms with van der Waals surface area (Å²) in [6, 6.07) is 18.4. The van der Waals surface area contributed by atoms with E-state index in [0.29, 0.717) is 0 Å². The zero-order valence-electron chi connectivity index (χ0n) is 10.6. The Morgan fingerprint density at radius 2 is 1.11 bits per heavy atom. The maximum atomic E-state index is 12.6. The average molecular weight is 278 g/mol. The van der Waals surface area contributed by atoms with Gasteiger partial charge < -0.3 is 16.4 Å². The highest BCUT2D eigenvalue weighted by atomic mass is 31.2. The van der Waals surface area contributed by atoms with E-state index in [9.17, 15) is 9.46 Å². The minimum Gasteiger partial charge on any atom is -0.343 e. The molecule has 5 heteroatoms. The summed E-state index contributed by atoms with van der Waals surface area (Å²) in [5, 5.41) is 0. The van der Waals surface area contributed by atoms with Crippen LogP contribution in [0.1, 0.15) is 22.7 Å². The van der Waals surface area contributed by atoms with Crippen LogP contribution in [0.2, 0.25) is 0 Å². The quantitative estimate of drug-likeness (QED) is 0.732. The summed E-state index contributed by atoms with van der Waals surface area (Å²) in [5.41, 5.74) is 9.27. The van der Waals surface area contributed by atoms with Crippen molar-refractivity contribution in [2.24, 2.45) is 0 Å². The van der Waals surface area contributed by atoms with E-state index in [1.54, 1.807) is 0 Å². The van der Waals surface area contributed by atoms with E-state index in [0.717, 1.165) is 11.1 Å². The number of benzene rings is 2. The Bertz CT molecular complexity index is 525. The van der Waals surface area contributed by atoms with E-state index < -0.39 is 18.9 Å². The van der Waals surface area contributed by atoms with Crippen LogP contribution >= 0.6 is 7.37 Å². The summed E-state index contributed by atoms with van der Waals surface area (Å²) in [6.45, 7) is 0. The van der Waals surface area contributed by atoms with Gasteiger partial charge in [0, 0.05) is 11.1 Å². The Morgan fingerprint density at radius 3 is 1.42 bits per heavy atom. The first-order valence-corrected chi connectivity index (χ1v) is 7.91. The summed E-state index contributed by atoms with van der Waals surface area (Å²) < 4.78 is 12.6. The summed E-state index contributed by atoms with van der Waals surface area (Å²) in [6.07, 6.45) is 0. The van der Waals surface area contributed by atoms with Gasteiger partial charge in [0.25, 0.3) is 0 Å². The van der Waals surface area contributed by atoms with Crippen LogP contribution in [0.25, 0.3) is 0 Å². The fraction of sp³-hybridized carbons (Fsp3) is 0.143. The van der Waals surface area contributed by atoms with Crippen LogP contribution < -0.4 is 11.5 Å². The highest BCUT2D eigenvalue weighted by Gasteiger charge is 2.42. The Labute approximate surface area is 112 Å². The van der Waals surface area contributed by atoms with Crippen LogP contribution in [-0.2, 0) is 4.57 Å². The molecule has 7 N–H and O–H groups in total. The molecule has 0 saturated carbocycles. The van der Waals surface area contributed by atoms with Crippen molar-refractivity contribution in [2.45, 2.75) is 11.6 Å². The second-order valence-corrected chi connectivity index (χ2v) is 7.12. The van der Waals surface area contributed by atoms with Gasteiger partial charge in [0.15, 0.2) is 11.6 Å². The second kappa shape index (κ2) is 5.68. The molecule has 0 radical (unpaired) electrons. The normalized spacial score (nSPS) is 14.9. The SMILES string of the molecule is [NH3+][C@@H](c1ccccc1)P(=O)(O)[C@@H]([NH3+])c1ccccc1. The molecule has 0 fully saturated rings. The molecule has 2 rings (SSSR count). The second-order valence-electron chi connectivity index (χ2n) is 4.53. The average Bonchev–Trinajstić information content (AvgIpc) is 2.47. The molecule has 0 aliphatic rings. The molecular formula is C14H19N2O2P+2. The maximum Gasteiger partial charge on any atom is 0.321 e. The molecular weight excluding hydrogens is 259 g/mol. The van der Waals surface area contributed by atoms with Gasteiger partial charge in [-0.2, -0.15) is 0 Å². The molecule has 4 nitrogen and oxygen atoms in total. The number of hydrogen-bond donors (Lipinski definition) is 3. The molecule has 0 amide bonds. The van der Waals surface area contributed by atoms with Gasteiger partial charge in [-0.15, -0.1) is 0 Å². The van der Waals surface area contributed by atoms with Gasteiger partial charge >= 0.3 is 7.37 Å². The van der Waals surface area contributed by atoms with Crippen molar-refractivity contribution in [3.8, 4) is 0 Å². The largest absolute Gasteiger partial charge is 0.343 e. The van der Waals surface area contributed by atoms with Crippen LogP contribution in [0.15, 0.2) is 60.7 Å². The van der Waals surface area contributed by atoms with E-state index in [2.05, 4.69) is 11.5 Å². The van der Waals surface area contributed by atoms with E-state index in [4.69, 9.17) is 0 Å². The first kappa shape index (κ1) is 14.0. The third-order valence-corrected chi connectivity index (χ3v) is 5.64. The molecule has 0 aromatic heterocycles. The predicted octanol–water partition coefficient (Wildman–Crippen LogP) is 1.14. The summed E-state index contributed by atoms with van der Waals surface area (Å²) in [7, 11) is -3.54. The summed E-state index contributed by atoms with van der Waals surface area (Å²) in [4.78, 5) is 10.4. The Kier molecular flexibility index (Phi) is 4.17. The van der Waals surface area contributed by atoms with Crippen molar-refractivity contribution in [3.63, 3.8) is 0 Å². The first-order valence-electron chi connectivity index (χ1n) is 6.11. The van der Waals surface area contributed by atoms with Crippen molar-refractivity contribution in [1.29, 1.82) is 0 Å². The van der Waals surface area contributed by atoms with Crippen LogP contribution in [-0.4, -0.2) is 4.89 Å². The lowest BCUT2D eigenvalue weighted by Gasteiger charge is -2.20. The molecule has 0 aliphatic carbocycles. The predicted molar refractivity (Wildman–Crippen MR) is 74.0 cm³/mol. The Hall–Kier alpha value is -1.45. The molecule has 2 aromatic rings. The Balaban J connectivity index is 2.30. The standard InChI is InChI=1S/C14H17N2O2P/c15-13(11-7-3-1-4-8-11)19(17,18)14(16)12-9-5-2-6-10-12/h1-10,13-14H,15-16H2,(H,17,18)/p+2/t13-,14-/m1/s1. The lowest BCUT2D eigenvalue weighted by atomic mass is 10.2. The van der Waals surface area contributed by atoms with Crippen molar-refractivity contribution in [3.05, 3.63) is 71.8 Å². The highest BCUT2D eigenvalue weighted by molar-refractivity contribution is 7.58. The molecule has 0 saturated heterocycles. The fourth-order valence-corrected chi connectivity index (χ4v) is 3.63. The van der Waals surface area contributed by atoms with Gasteiger partial charge in [0.05, 0.1) is 0 Å². The van der Waals surface area contributed by atoms with Crippen molar-refractivity contribution in [2.75, 3.05) is 0 Å². The molecule has 0 spiro atoms. The first-order chi connectivity index (χ1) is 9.03. The highest BCUT2D eigenvalue weighted by Crippen LogP contribution is 2.59. The molecule has 0 aliphatic heterocycles. The van der Waals surface area contributed by atoms with E-state index in [1.807, 2.05) is 60.7 Å². The Morgan fingerprint density at radius 1 is 0.789 bits per heavy atom. The molecule has 19 heavy (non-hydrogen) atoms. The summed E-state index contributed by atoms with van der Waals surface area (Å²) in [5.74, 6) is -1.34. The van der Waals surface area contributed by atoms with Crippen LogP contribution in [0.5, 0.6) is 0 Å². The third kappa shape index (κ3) is 2.94. The monoisotopic (exact) mass is 278 g/mol. The minimum absolute atomic E-state index is 0.670. The van der Waals surface area contributed by atoms with Gasteiger partial charge in [0.1, 0.15) is 0 Å². The number of rotatable bonds is 4. The van der Waals surface area contributed by atoms with Gasteiger partial charge in [0.2, 0.25) is 0 Å². The molecule has 2 atom stereocenters. The van der Waals surface area contributed by atoms with Crippen molar-refractivity contribution < 1.29 is 20.9 Å². The minimum atomic E-state index is -3.54. The molecule has 2 aromatic carbocycles. The number of quaternary nitrogens is 2. The lowest BCUT2D eigenvalue weighted by Crippen LogP contribution is -2.59. The van der Waals surface area contributed by atoms with Crippen LogP contribution in [0.4, 0.5) is 0 Å². The zero-order valence-corrected chi connectivity index (χ0v) is 11.5. The van der Waals surface area contributed by atoms with E-state index in [-0.39, 0.29) is 0 Å². The molecule has 0 unspecified atom stereocenters. The molecule has 0 heterocycles. The zero-order chi connectivity index (χ0) is 13.9. The topological polar surface area (TPSA) is 92.6 Å². The fourth-order valence-electron chi connectivity index (χ4n) is 1.99. The number of hydrogen-bond acceptors (Lipinski definition) is 1. The van der Waals surface area contributed by atoms with Crippen LogP contribution in [0.3, 0.4) is 0 Å². The summed E-state index contributed by atoms with van der Waals surface area (Å²) >= 11 is 0. The molecule has 0 bridgehead atoms. The van der Waals surface area contributed by atoms with Crippen LogP contribution in [0, 0.1) is 0 Å². The van der Waals surface area contributed by atoms with E-state index in [1.165, 1.54) is 0 Å². The van der Waals surface area contributed by atoms with Gasteiger partial charge in [-0.3, -0.25) is 4.57 Å². The van der Waals surface area contributed by atoms with Gasteiger partial charge in [-0.25, -0.2) is 0 Å². The van der Waals surface area contributed by atoms with Gasteiger partial charge in [-0.05, 0) is 0 Å². The van der Waals surface area contributed by atoms with Crippen molar-refractivity contribution >= 4 is 7.37 Å². The lowest BCUT2D eigenvalue weighted by molar-refractivity contribution is -0.418. The maximum absolute atomic E-state index is 12.6.